The molecule has 15 heavy (non-hydrogen) atoms. The third-order valence-electron chi connectivity index (χ3n) is 1.48. The number of rotatable bonds is 4. The second-order valence-corrected chi connectivity index (χ2v) is 2.77. The summed E-state index contributed by atoms with van der Waals surface area (Å²) in [5, 5.41) is 0. The van der Waals surface area contributed by atoms with Crippen LogP contribution in [-0.4, -0.2) is 13.0 Å². The largest absolute Gasteiger partial charge is 0.573 e. The van der Waals surface area contributed by atoms with Gasteiger partial charge in [-0.3, -0.25) is 0 Å². The van der Waals surface area contributed by atoms with E-state index < -0.39 is 6.36 Å². The average Bonchev–Trinajstić information content (AvgIpc) is 2.14. The molecule has 1 aromatic rings. The molecule has 2 nitrogen and oxygen atoms in total. The van der Waals surface area contributed by atoms with Crippen molar-refractivity contribution < 1.29 is 22.6 Å². The Labute approximate surface area is 85.6 Å². The van der Waals surface area contributed by atoms with E-state index in [0.29, 0.717) is 13.0 Å². The standard InChI is InChI=1S/C10H10F3O2/c1-2-7-14-8-5-3-4-6-9(8)15-10(11,12)13/h3,5-6H,2,7H2,1H3. The average molecular weight is 219 g/mol. The van der Waals surface area contributed by atoms with Crippen molar-refractivity contribution in [2.45, 2.75) is 19.7 Å². The zero-order valence-corrected chi connectivity index (χ0v) is 8.10. The summed E-state index contributed by atoms with van der Waals surface area (Å²) in [6.07, 6.45) is -4.00. The molecule has 0 aromatic heterocycles. The van der Waals surface area contributed by atoms with Gasteiger partial charge in [0.15, 0.2) is 11.5 Å². The Balaban J connectivity index is 2.77. The van der Waals surface area contributed by atoms with Gasteiger partial charge in [0, 0.05) is 0 Å². The lowest BCUT2D eigenvalue weighted by atomic mass is 10.3. The van der Waals surface area contributed by atoms with Crippen LogP contribution in [0, 0.1) is 6.07 Å². The lowest BCUT2D eigenvalue weighted by molar-refractivity contribution is -0.275. The van der Waals surface area contributed by atoms with Crippen LogP contribution in [0.15, 0.2) is 18.2 Å². The Morgan fingerprint density at radius 1 is 1.33 bits per heavy atom. The third-order valence-corrected chi connectivity index (χ3v) is 1.48. The van der Waals surface area contributed by atoms with Crippen molar-refractivity contribution in [3.8, 4) is 11.5 Å². The van der Waals surface area contributed by atoms with Crippen molar-refractivity contribution in [2.75, 3.05) is 6.61 Å². The molecule has 0 aliphatic carbocycles. The van der Waals surface area contributed by atoms with Gasteiger partial charge in [0.05, 0.1) is 6.61 Å². The van der Waals surface area contributed by atoms with Gasteiger partial charge in [-0.25, -0.2) is 0 Å². The van der Waals surface area contributed by atoms with Crippen LogP contribution >= 0.6 is 0 Å². The van der Waals surface area contributed by atoms with Crippen LogP contribution in [0.5, 0.6) is 11.5 Å². The molecule has 0 fully saturated rings. The molecule has 83 valence electrons. The number of halogens is 3. The summed E-state index contributed by atoms with van der Waals surface area (Å²) in [6, 6.07) is 6.44. The molecule has 0 N–H and O–H groups in total. The highest BCUT2D eigenvalue weighted by Gasteiger charge is 2.32. The summed E-state index contributed by atoms with van der Waals surface area (Å²) in [4.78, 5) is 0. The van der Waals surface area contributed by atoms with Crippen molar-refractivity contribution in [3.05, 3.63) is 24.3 Å². The molecule has 0 saturated carbocycles. The molecule has 1 aromatic carbocycles. The zero-order valence-electron chi connectivity index (χ0n) is 8.10. The summed E-state index contributed by atoms with van der Waals surface area (Å²) in [5.41, 5.74) is 0. The summed E-state index contributed by atoms with van der Waals surface area (Å²) < 4.78 is 44.7. The molecule has 0 unspecified atom stereocenters. The van der Waals surface area contributed by atoms with E-state index >= 15 is 0 Å². The lowest BCUT2D eigenvalue weighted by Gasteiger charge is -2.13. The Bertz CT molecular complexity index is 310. The number of benzene rings is 1. The first-order valence-corrected chi connectivity index (χ1v) is 4.41. The molecule has 0 saturated heterocycles. The highest BCUT2D eigenvalue weighted by molar-refractivity contribution is 5.39. The van der Waals surface area contributed by atoms with Crippen LogP contribution in [0.1, 0.15) is 13.3 Å². The molecule has 5 heteroatoms. The van der Waals surface area contributed by atoms with Crippen LogP contribution in [0.2, 0.25) is 0 Å². The van der Waals surface area contributed by atoms with E-state index in [1.165, 1.54) is 12.1 Å². The van der Waals surface area contributed by atoms with Crippen LogP contribution < -0.4 is 9.47 Å². The number of alkyl halides is 3. The quantitative estimate of drug-likeness (QED) is 0.774. The molecule has 1 radical (unpaired) electrons. The number of hydrogen-bond acceptors (Lipinski definition) is 2. The fraction of sp³-hybridized carbons (Fsp3) is 0.400. The minimum atomic E-state index is -4.71. The predicted molar refractivity (Wildman–Crippen MR) is 47.7 cm³/mol. The second kappa shape index (κ2) is 4.91. The summed E-state index contributed by atoms with van der Waals surface area (Å²) >= 11 is 0. The fourth-order valence-corrected chi connectivity index (χ4v) is 0.937. The highest BCUT2D eigenvalue weighted by atomic mass is 19.4. The molecule has 0 amide bonds. The van der Waals surface area contributed by atoms with Crippen LogP contribution in [0.25, 0.3) is 0 Å². The maximum absolute atomic E-state index is 12.0. The molecule has 1 rings (SSSR count). The van der Waals surface area contributed by atoms with Gasteiger partial charge in [-0.05, 0) is 24.6 Å². The Kier molecular flexibility index (Phi) is 3.82. The summed E-state index contributed by atoms with van der Waals surface area (Å²) in [6.45, 7) is 2.21. The van der Waals surface area contributed by atoms with E-state index in [4.69, 9.17) is 4.74 Å². The number of ether oxygens (including phenoxy) is 2. The molecular formula is C10H10F3O2. The minimum Gasteiger partial charge on any atom is -0.490 e. The number of hydrogen-bond donors (Lipinski definition) is 0. The van der Waals surface area contributed by atoms with Crippen LogP contribution in [-0.2, 0) is 0 Å². The van der Waals surface area contributed by atoms with E-state index in [0.717, 1.165) is 6.07 Å². The van der Waals surface area contributed by atoms with E-state index in [1.807, 2.05) is 6.92 Å². The molecule has 0 aliphatic heterocycles. The molecule has 0 atom stereocenters. The third kappa shape index (κ3) is 4.10. The lowest BCUT2D eigenvalue weighted by Crippen LogP contribution is -2.17. The van der Waals surface area contributed by atoms with Crippen molar-refractivity contribution in [1.82, 2.24) is 0 Å². The van der Waals surface area contributed by atoms with Crippen molar-refractivity contribution >= 4 is 0 Å². The first-order chi connectivity index (χ1) is 7.03. The van der Waals surface area contributed by atoms with E-state index in [1.54, 1.807) is 0 Å². The van der Waals surface area contributed by atoms with Gasteiger partial charge in [0.2, 0.25) is 0 Å². The van der Waals surface area contributed by atoms with Crippen molar-refractivity contribution in [1.29, 1.82) is 0 Å². The van der Waals surface area contributed by atoms with Crippen LogP contribution in [0.4, 0.5) is 13.2 Å². The Hall–Kier alpha value is -1.39. The van der Waals surface area contributed by atoms with Gasteiger partial charge in [0.25, 0.3) is 0 Å². The Morgan fingerprint density at radius 2 is 2.07 bits per heavy atom. The Morgan fingerprint density at radius 3 is 2.67 bits per heavy atom. The van der Waals surface area contributed by atoms with Gasteiger partial charge >= 0.3 is 6.36 Å². The monoisotopic (exact) mass is 219 g/mol. The fourth-order valence-electron chi connectivity index (χ4n) is 0.937. The van der Waals surface area contributed by atoms with Gasteiger partial charge in [-0.15, -0.1) is 13.2 Å². The summed E-state index contributed by atoms with van der Waals surface area (Å²) in [7, 11) is 0. The molecular weight excluding hydrogens is 209 g/mol. The van der Waals surface area contributed by atoms with Gasteiger partial charge < -0.3 is 9.47 Å². The normalized spacial score (nSPS) is 11.2. The predicted octanol–water partition coefficient (Wildman–Crippen LogP) is 3.17. The maximum atomic E-state index is 12.0. The van der Waals surface area contributed by atoms with Crippen molar-refractivity contribution in [3.63, 3.8) is 0 Å². The smallest absolute Gasteiger partial charge is 0.490 e. The second-order valence-electron chi connectivity index (χ2n) is 2.77. The summed E-state index contributed by atoms with van der Waals surface area (Å²) in [5.74, 6) is -0.286. The van der Waals surface area contributed by atoms with Gasteiger partial charge in [0.1, 0.15) is 0 Å². The molecule has 0 aliphatic rings. The van der Waals surface area contributed by atoms with Gasteiger partial charge in [-0.1, -0.05) is 13.0 Å². The molecule has 0 bridgehead atoms. The molecule has 0 spiro atoms. The zero-order chi connectivity index (χ0) is 11.3. The maximum Gasteiger partial charge on any atom is 0.573 e. The first kappa shape index (κ1) is 11.7. The first-order valence-electron chi connectivity index (χ1n) is 4.41. The van der Waals surface area contributed by atoms with E-state index in [-0.39, 0.29) is 11.5 Å². The van der Waals surface area contributed by atoms with Crippen LogP contribution in [0.3, 0.4) is 0 Å². The van der Waals surface area contributed by atoms with E-state index in [9.17, 15) is 13.2 Å². The SMILES string of the molecule is CCCOc1cc[c]cc1OC(F)(F)F. The highest BCUT2D eigenvalue weighted by Crippen LogP contribution is 2.31. The topological polar surface area (TPSA) is 18.5 Å². The minimum absolute atomic E-state index is 0.0768. The van der Waals surface area contributed by atoms with Crippen molar-refractivity contribution in [2.24, 2.45) is 0 Å². The molecule has 0 heterocycles. The van der Waals surface area contributed by atoms with Gasteiger partial charge in [-0.2, -0.15) is 0 Å². The van der Waals surface area contributed by atoms with E-state index in [2.05, 4.69) is 10.8 Å².